The quantitative estimate of drug-likeness (QED) is 0.425. The maximum absolute atomic E-state index is 11.1. The van der Waals surface area contributed by atoms with Crippen LogP contribution >= 0.6 is 0 Å². The Labute approximate surface area is 149 Å². The molecule has 0 fully saturated rings. The number of carbonyl (C=O) groups excluding carboxylic acids is 1. The Morgan fingerprint density at radius 2 is 2.08 bits per heavy atom. The maximum atomic E-state index is 11.1. The van der Waals surface area contributed by atoms with Gasteiger partial charge in [0, 0.05) is 22.8 Å². The first-order valence-electron chi connectivity index (χ1n) is 7.98. The van der Waals surface area contributed by atoms with Crippen molar-refractivity contribution in [1.82, 2.24) is 0 Å². The molecule has 0 saturated carbocycles. The van der Waals surface area contributed by atoms with Gasteiger partial charge < -0.3 is 18.9 Å². The molecule has 0 atom stereocenters. The summed E-state index contributed by atoms with van der Waals surface area (Å²) in [5.74, 6) is 1.30. The molecule has 1 aliphatic heterocycles. The van der Waals surface area contributed by atoms with Crippen LogP contribution in [0.2, 0.25) is 0 Å². The zero-order valence-corrected chi connectivity index (χ0v) is 14.1. The van der Waals surface area contributed by atoms with E-state index >= 15 is 0 Å². The Hall–Kier alpha value is -3.13. The molecule has 26 heavy (non-hydrogen) atoms. The smallest absolute Gasteiger partial charge is 0.273 e. The van der Waals surface area contributed by atoms with Gasteiger partial charge in [-0.2, -0.15) is 0 Å². The average molecular weight is 359 g/mol. The van der Waals surface area contributed by atoms with Crippen LogP contribution in [0.3, 0.4) is 0 Å². The number of nitrogens with zero attached hydrogens (tertiary/aromatic N) is 1. The largest absolute Gasteiger partial charge is 0.490 e. The van der Waals surface area contributed by atoms with E-state index in [4.69, 9.17) is 18.9 Å². The normalized spacial score (nSPS) is 12.7. The molecule has 0 bridgehead atoms. The second-order valence-electron chi connectivity index (χ2n) is 5.50. The number of fused-ring (bicyclic) bond motifs is 1. The molecular formula is C18H17NO7. The Balaban J connectivity index is 1.89. The highest BCUT2D eigenvalue weighted by molar-refractivity contribution is 5.76. The van der Waals surface area contributed by atoms with Crippen LogP contribution in [-0.4, -0.2) is 24.6 Å². The number of ether oxygens (including phenoxy) is 4. The third-order valence-corrected chi connectivity index (χ3v) is 3.83. The van der Waals surface area contributed by atoms with E-state index in [9.17, 15) is 14.9 Å². The van der Waals surface area contributed by atoms with Gasteiger partial charge in [0.2, 0.25) is 0 Å². The zero-order valence-electron chi connectivity index (χ0n) is 14.1. The average Bonchev–Trinajstić information content (AvgIpc) is 2.66. The predicted octanol–water partition coefficient (Wildman–Crippen LogP) is 3.25. The van der Waals surface area contributed by atoms with Crippen molar-refractivity contribution in [3.05, 3.63) is 57.1 Å². The van der Waals surface area contributed by atoms with Gasteiger partial charge in [0.05, 0.1) is 24.2 Å². The van der Waals surface area contributed by atoms with E-state index in [0.29, 0.717) is 40.5 Å². The molecule has 1 aliphatic rings. The van der Waals surface area contributed by atoms with Crippen molar-refractivity contribution in [3.8, 4) is 17.2 Å². The van der Waals surface area contributed by atoms with Crippen molar-refractivity contribution in [2.24, 2.45) is 0 Å². The van der Waals surface area contributed by atoms with E-state index in [0.717, 1.165) is 6.29 Å². The lowest BCUT2D eigenvalue weighted by Crippen LogP contribution is -2.15. The monoisotopic (exact) mass is 359 g/mol. The molecule has 0 aliphatic carbocycles. The van der Waals surface area contributed by atoms with E-state index in [1.807, 2.05) is 6.92 Å². The number of nitro benzene ring substituents is 1. The minimum absolute atomic E-state index is 0.0517. The van der Waals surface area contributed by atoms with Crippen LogP contribution in [0.15, 0.2) is 30.3 Å². The van der Waals surface area contributed by atoms with E-state index in [1.54, 1.807) is 18.2 Å². The number of hydrogen-bond donors (Lipinski definition) is 0. The summed E-state index contributed by atoms with van der Waals surface area (Å²) in [6.45, 7) is 2.64. The Morgan fingerprint density at radius 3 is 2.81 bits per heavy atom. The minimum atomic E-state index is -0.479. The molecule has 1 heterocycles. The summed E-state index contributed by atoms with van der Waals surface area (Å²) in [4.78, 5) is 21.6. The first-order chi connectivity index (χ1) is 12.6. The summed E-state index contributed by atoms with van der Waals surface area (Å²) < 4.78 is 21.9. The molecule has 0 N–H and O–H groups in total. The van der Waals surface area contributed by atoms with Crippen molar-refractivity contribution >= 4 is 12.0 Å². The van der Waals surface area contributed by atoms with Crippen molar-refractivity contribution < 1.29 is 28.7 Å². The Bertz CT molecular complexity index is 835. The molecule has 0 saturated heterocycles. The number of aldehydes is 1. The molecule has 0 unspecified atom stereocenters. The fourth-order valence-electron chi connectivity index (χ4n) is 2.60. The highest BCUT2D eigenvalue weighted by Crippen LogP contribution is 2.34. The van der Waals surface area contributed by atoms with Crippen LogP contribution < -0.4 is 14.2 Å². The molecule has 136 valence electrons. The Kier molecular flexibility index (Phi) is 5.33. The van der Waals surface area contributed by atoms with Gasteiger partial charge in [0.25, 0.3) is 5.69 Å². The van der Waals surface area contributed by atoms with Gasteiger partial charge in [0.15, 0.2) is 18.3 Å². The summed E-state index contributed by atoms with van der Waals surface area (Å²) in [6.07, 6.45) is 0.720. The van der Waals surface area contributed by atoms with E-state index in [-0.39, 0.29) is 25.7 Å². The van der Waals surface area contributed by atoms with Crippen molar-refractivity contribution in [2.45, 2.75) is 20.1 Å². The lowest BCUT2D eigenvalue weighted by atomic mass is 10.1. The highest BCUT2D eigenvalue weighted by atomic mass is 16.7. The molecule has 8 nitrogen and oxygen atoms in total. The molecule has 2 aromatic carbocycles. The third kappa shape index (κ3) is 3.75. The number of rotatable bonds is 7. The molecule has 0 aromatic heterocycles. The molecule has 0 radical (unpaired) electrons. The first-order valence-corrected chi connectivity index (χ1v) is 7.98. The zero-order chi connectivity index (χ0) is 18.5. The van der Waals surface area contributed by atoms with Gasteiger partial charge >= 0.3 is 0 Å². The fraction of sp³-hybridized carbons (Fsp3) is 0.278. The van der Waals surface area contributed by atoms with Gasteiger partial charge in [-0.05, 0) is 25.1 Å². The lowest BCUT2D eigenvalue weighted by Gasteiger charge is -2.21. The third-order valence-electron chi connectivity index (χ3n) is 3.83. The number of benzene rings is 2. The second kappa shape index (κ2) is 7.83. The number of nitro groups is 1. The molecule has 0 spiro atoms. The summed E-state index contributed by atoms with van der Waals surface area (Å²) in [7, 11) is 0. The number of non-ortho nitro benzene ring substituents is 1. The maximum Gasteiger partial charge on any atom is 0.273 e. The SMILES string of the molecule is CCOc1cc(C=O)ccc1OCc1cc([N+](=O)[O-])cc2c1COCO2. The second-order valence-corrected chi connectivity index (χ2v) is 5.50. The van der Waals surface area contributed by atoms with Crippen molar-refractivity contribution in [3.63, 3.8) is 0 Å². The van der Waals surface area contributed by atoms with Gasteiger partial charge in [-0.1, -0.05) is 0 Å². The van der Waals surface area contributed by atoms with Crippen LogP contribution in [0.4, 0.5) is 5.69 Å². The number of hydrogen-bond acceptors (Lipinski definition) is 7. The highest BCUT2D eigenvalue weighted by Gasteiger charge is 2.21. The predicted molar refractivity (Wildman–Crippen MR) is 90.7 cm³/mol. The molecule has 0 amide bonds. The van der Waals surface area contributed by atoms with Crippen molar-refractivity contribution in [2.75, 3.05) is 13.4 Å². The lowest BCUT2D eigenvalue weighted by molar-refractivity contribution is -0.385. The Morgan fingerprint density at radius 1 is 1.23 bits per heavy atom. The van der Waals surface area contributed by atoms with Crippen LogP contribution in [0.1, 0.15) is 28.4 Å². The standard InChI is InChI=1S/C18H17NO7/c1-2-24-18-5-12(8-20)3-4-16(18)25-9-13-6-14(19(21)22)7-17-15(13)10-23-11-26-17/h3-8H,2,9-11H2,1H3. The van der Waals surface area contributed by atoms with Gasteiger partial charge in [-0.15, -0.1) is 0 Å². The molecule has 2 aromatic rings. The van der Waals surface area contributed by atoms with Crippen LogP contribution in [-0.2, 0) is 18.0 Å². The fourth-order valence-corrected chi connectivity index (χ4v) is 2.60. The molecule has 8 heteroatoms. The van der Waals surface area contributed by atoms with Crippen LogP contribution in [0.5, 0.6) is 17.2 Å². The molecule has 3 rings (SSSR count). The van der Waals surface area contributed by atoms with Gasteiger partial charge in [0.1, 0.15) is 18.6 Å². The van der Waals surface area contributed by atoms with Gasteiger partial charge in [-0.25, -0.2) is 0 Å². The topological polar surface area (TPSA) is 97.1 Å². The van der Waals surface area contributed by atoms with E-state index in [1.165, 1.54) is 12.1 Å². The van der Waals surface area contributed by atoms with Crippen LogP contribution in [0.25, 0.3) is 0 Å². The summed E-state index contributed by atoms with van der Waals surface area (Å²) in [5, 5.41) is 11.1. The minimum Gasteiger partial charge on any atom is -0.490 e. The van der Waals surface area contributed by atoms with Crippen molar-refractivity contribution in [1.29, 1.82) is 0 Å². The summed E-state index contributed by atoms with van der Waals surface area (Å²) in [5.41, 5.74) is 1.70. The van der Waals surface area contributed by atoms with E-state index in [2.05, 4.69) is 0 Å². The van der Waals surface area contributed by atoms with E-state index < -0.39 is 4.92 Å². The van der Waals surface area contributed by atoms with Crippen LogP contribution in [0, 0.1) is 10.1 Å². The first kappa shape index (κ1) is 17.7. The van der Waals surface area contributed by atoms with Gasteiger partial charge in [-0.3, -0.25) is 14.9 Å². The molecular weight excluding hydrogens is 342 g/mol. The summed E-state index contributed by atoms with van der Waals surface area (Å²) >= 11 is 0. The number of carbonyl (C=O) groups is 1. The summed E-state index contributed by atoms with van der Waals surface area (Å²) in [6, 6.07) is 7.65.